The molecule has 0 aliphatic carbocycles. The van der Waals surface area contributed by atoms with Gasteiger partial charge in [-0.05, 0) is 25.8 Å². The van der Waals surface area contributed by atoms with E-state index in [4.69, 9.17) is 4.74 Å². The van der Waals surface area contributed by atoms with Gasteiger partial charge in [-0.1, -0.05) is 18.2 Å². The van der Waals surface area contributed by atoms with Gasteiger partial charge in [0.05, 0.1) is 13.2 Å². The van der Waals surface area contributed by atoms with Gasteiger partial charge in [0.15, 0.2) is 6.10 Å². The molecule has 0 aromatic heterocycles. The molecular weight excluding hydrogens is 279 g/mol. The molecule has 0 amide bonds. The van der Waals surface area contributed by atoms with E-state index < -0.39 is 24.0 Å². The lowest BCUT2D eigenvalue weighted by Gasteiger charge is -2.12. The molecule has 1 aromatic rings. The number of esters is 1. The van der Waals surface area contributed by atoms with E-state index in [0.717, 1.165) is 0 Å². The summed E-state index contributed by atoms with van der Waals surface area (Å²) in [7, 11) is 0. The van der Waals surface area contributed by atoms with E-state index in [1.165, 1.54) is 18.2 Å². The van der Waals surface area contributed by atoms with Crippen LogP contribution in [-0.2, 0) is 19.0 Å². The van der Waals surface area contributed by atoms with Crippen molar-refractivity contribution >= 4 is 12.1 Å². The van der Waals surface area contributed by atoms with Gasteiger partial charge in [-0.25, -0.2) is 14.0 Å². The molecule has 0 aliphatic rings. The summed E-state index contributed by atoms with van der Waals surface area (Å²) in [5.74, 6) is 3.12. The van der Waals surface area contributed by atoms with E-state index in [2.05, 4.69) is 21.3 Å². The molecule has 1 rings (SSSR count). The zero-order valence-electron chi connectivity index (χ0n) is 11.7. The molecule has 21 heavy (non-hydrogen) atoms. The number of hydrogen-bond acceptors (Lipinski definition) is 5. The summed E-state index contributed by atoms with van der Waals surface area (Å²) >= 11 is 0. The second kappa shape index (κ2) is 8.59. The lowest BCUT2D eigenvalue weighted by atomic mass is 10.1. The van der Waals surface area contributed by atoms with Crippen molar-refractivity contribution < 1.29 is 28.2 Å². The summed E-state index contributed by atoms with van der Waals surface area (Å²) in [5, 5.41) is 0. The number of hydrogen-bond donors (Lipinski definition) is 0. The second-order valence-electron chi connectivity index (χ2n) is 3.69. The Morgan fingerprint density at radius 3 is 2.48 bits per heavy atom. The first-order valence-electron chi connectivity index (χ1n) is 6.34. The first kappa shape index (κ1) is 16.5. The smallest absolute Gasteiger partial charge is 0.456 e. The molecule has 0 N–H and O–H groups in total. The van der Waals surface area contributed by atoms with Crippen LogP contribution in [0.2, 0.25) is 0 Å². The normalized spacial score (nSPS) is 10.8. The molecule has 0 aliphatic heterocycles. The summed E-state index contributed by atoms with van der Waals surface area (Å²) in [6.45, 7) is 3.50. The van der Waals surface area contributed by atoms with Crippen LogP contribution >= 0.6 is 0 Å². The third-order valence-corrected chi connectivity index (χ3v) is 2.24. The van der Waals surface area contributed by atoms with Crippen LogP contribution in [0.5, 0.6) is 0 Å². The average Bonchev–Trinajstić information content (AvgIpc) is 2.45. The fourth-order valence-corrected chi connectivity index (χ4v) is 1.40. The van der Waals surface area contributed by atoms with Gasteiger partial charge >= 0.3 is 12.1 Å². The van der Waals surface area contributed by atoms with Crippen LogP contribution in [0, 0.1) is 17.7 Å². The minimum atomic E-state index is -1.25. The second-order valence-corrected chi connectivity index (χ2v) is 3.69. The molecule has 1 unspecified atom stereocenters. The molecule has 0 heterocycles. The summed E-state index contributed by atoms with van der Waals surface area (Å²) in [4.78, 5) is 22.6. The summed E-state index contributed by atoms with van der Waals surface area (Å²) in [5.41, 5.74) is 0.0300. The molecule has 0 saturated heterocycles. The number of carbonyl (C=O) groups is 2. The van der Waals surface area contributed by atoms with Crippen LogP contribution in [-0.4, -0.2) is 25.3 Å². The van der Waals surface area contributed by atoms with Crippen LogP contribution in [0.4, 0.5) is 9.18 Å². The molecular formula is C15H15FO5. The molecule has 1 atom stereocenters. The number of ether oxygens (including phenoxy) is 3. The minimum Gasteiger partial charge on any atom is -0.456 e. The number of benzene rings is 1. The van der Waals surface area contributed by atoms with E-state index >= 15 is 0 Å². The molecule has 0 spiro atoms. The van der Waals surface area contributed by atoms with E-state index in [-0.39, 0.29) is 18.8 Å². The summed E-state index contributed by atoms with van der Waals surface area (Å²) in [6, 6.07) is 5.65. The first-order chi connectivity index (χ1) is 10.1. The zero-order chi connectivity index (χ0) is 15.7. The van der Waals surface area contributed by atoms with Gasteiger partial charge in [-0.2, -0.15) is 0 Å². The standard InChI is InChI=1S/C15H15FO5/c1-3-19-14(17)10-9-13(21-15(18)20-4-2)11-7-5-6-8-12(11)16/h5-8,13H,3-4H2,1-2H3. The third-order valence-electron chi connectivity index (χ3n) is 2.24. The largest absolute Gasteiger partial charge is 0.509 e. The molecule has 5 nitrogen and oxygen atoms in total. The van der Waals surface area contributed by atoms with Crippen LogP contribution in [0.3, 0.4) is 0 Å². The van der Waals surface area contributed by atoms with Gasteiger partial charge in [0.2, 0.25) is 0 Å². The Morgan fingerprint density at radius 1 is 1.19 bits per heavy atom. The Labute approximate surface area is 122 Å². The zero-order valence-corrected chi connectivity index (χ0v) is 11.7. The fraction of sp³-hybridized carbons (Fsp3) is 0.333. The quantitative estimate of drug-likeness (QED) is 0.485. The SMILES string of the molecule is CCOC(=O)C#CC(OC(=O)OCC)c1ccccc1F. The van der Waals surface area contributed by atoms with Crippen LogP contribution in [0.15, 0.2) is 24.3 Å². The van der Waals surface area contributed by atoms with Crippen molar-refractivity contribution in [2.45, 2.75) is 20.0 Å². The fourth-order valence-electron chi connectivity index (χ4n) is 1.40. The maximum Gasteiger partial charge on any atom is 0.509 e. The summed E-state index contributed by atoms with van der Waals surface area (Å²) < 4.78 is 27.9. The Bertz CT molecular complexity index is 559. The minimum absolute atomic E-state index is 0.0300. The maximum absolute atomic E-state index is 13.7. The molecule has 6 heteroatoms. The lowest BCUT2D eigenvalue weighted by Crippen LogP contribution is -2.13. The Kier molecular flexibility index (Phi) is 6.75. The van der Waals surface area contributed by atoms with Gasteiger partial charge in [0, 0.05) is 11.5 Å². The van der Waals surface area contributed by atoms with Crippen molar-refractivity contribution in [1.82, 2.24) is 0 Å². The van der Waals surface area contributed by atoms with Crippen molar-refractivity contribution in [3.8, 4) is 11.8 Å². The number of halogens is 1. The highest BCUT2D eigenvalue weighted by Crippen LogP contribution is 2.20. The molecule has 0 saturated carbocycles. The highest BCUT2D eigenvalue weighted by atomic mass is 19.1. The molecule has 0 fully saturated rings. The predicted molar refractivity (Wildman–Crippen MR) is 71.7 cm³/mol. The maximum atomic E-state index is 13.7. The van der Waals surface area contributed by atoms with Crippen molar-refractivity contribution in [2.24, 2.45) is 0 Å². The van der Waals surface area contributed by atoms with Gasteiger partial charge in [-0.15, -0.1) is 0 Å². The molecule has 0 bridgehead atoms. The number of rotatable bonds is 4. The van der Waals surface area contributed by atoms with Gasteiger partial charge < -0.3 is 14.2 Å². The predicted octanol–water partition coefficient (Wildman–Crippen LogP) is 2.61. The monoisotopic (exact) mass is 294 g/mol. The Morgan fingerprint density at radius 2 is 1.86 bits per heavy atom. The average molecular weight is 294 g/mol. The van der Waals surface area contributed by atoms with Crippen molar-refractivity contribution in [3.05, 3.63) is 35.6 Å². The van der Waals surface area contributed by atoms with Gasteiger partial charge in [0.1, 0.15) is 5.82 Å². The van der Waals surface area contributed by atoms with Crippen LogP contribution in [0.25, 0.3) is 0 Å². The highest BCUT2D eigenvalue weighted by molar-refractivity contribution is 5.88. The summed E-state index contributed by atoms with van der Waals surface area (Å²) in [6.07, 6.45) is -2.25. The molecule has 1 aromatic carbocycles. The lowest BCUT2D eigenvalue weighted by molar-refractivity contribution is -0.136. The van der Waals surface area contributed by atoms with Gasteiger partial charge in [0.25, 0.3) is 0 Å². The van der Waals surface area contributed by atoms with E-state index in [9.17, 15) is 14.0 Å². The van der Waals surface area contributed by atoms with E-state index in [0.29, 0.717) is 0 Å². The van der Waals surface area contributed by atoms with Crippen LogP contribution in [0.1, 0.15) is 25.5 Å². The van der Waals surface area contributed by atoms with E-state index in [1.54, 1.807) is 19.9 Å². The van der Waals surface area contributed by atoms with Gasteiger partial charge in [-0.3, -0.25) is 0 Å². The molecule has 0 radical (unpaired) electrons. The van der Waals surface area contributed by atoms with Crippen molar-refractivity contribution in [1.29, 1.82) is 0 Å². The van der Waals surface area contributed by atoms with Crippen LogP contribution < -0.4 is 0 Å². The van der Waals surface area contributed by atoms with Crippen molar-refractivity contribution in [2.75, 3.05) is 13.2 Å². The Balaban J connectivity index is 2.97. The Hall–Kier alpha value is -2.55. The van der Waals surface area contributed by atoms with Crippen molar-refractivity contribution in [3.63, 3.8) is 0 Å². The third kappa shape index (κ3) is 5.53. The first-order valence-corrected chi connectivity index (χ1v) is 6.34. The molecule has 112 valence electrons. The van der Waals surface area contributed by atoms with E-state index in [1.807, 2.05) is 0 Å². The highest BCUT2D eigenvalue weighted by Gasteiger charge is 2.19. The number of carbonyl (C=O) groups excluding carboxylic acids is 2. The topological polar surface area (TPSA) is 61.8 Å².